The topological polar surface area (TPSA) is 61.9 Å². The Hall–Kier alpha value is -2.47. The maximum Gasteiger partial charge on any atom is 0.166 e. The second-order valence-corrected chi connectivity index (χ2v) is 8.24. The Morgan fingerprint density at radius 3 is 2.76 bits per heavy atom. The summed E-state index contributed by atoms with van der Waals surface area (Å²) in [6, 6.07) is 7.77. The molecule has 1 aliphatic carbocycles. The molecule has 3 heterocycles. The summed E-state index contributed by atoms with van der Waals surface area (Å²) in [6.07, 6.45) is 5.04. The molecule has 0 aromatic carbocycles. The van der Waals surface area contributed by atoms with Crippen molar-refractivity contribution in [2.75, 3.05) is 11.9 Å². The van der Waals surface area contributed by atoms with Gasteiger partial charge < -0.3 is 4.90 Å². The van der Waals surface area contributed by atoms with E-state index in [-0.39, 0.29) is 11.2 Å². The highest BCUT2D eigenvalue weighted by Crippen LogP contribution is 2.49. The minimum atomic E-state index is -0.0307. The van der Waals surface area contributed by atoms with Gasteiger partial charge in [-0.3, -0.25) is 9.89 Å². The molecule has 4 rings (SSSR count). The number of aromatic amines is 1. The van der Waals surface area contributed by atoms with Crippen LogP contribution in [0.15, 0.2) is 36.7 Å². The van der Waals surface area contributed by atoms with Gasteiger partial charge in [0.05, 0.1) is 10.4 Å². The highest BCUT2D eigenvalue weighted by Gasteiger charge is 2.37. The molecule has 0 spiro atoms. The van der Waals surface area contributed by atoms with Crippen molar-refractivity contribution < 1.29 is 4.79 Å². The van der Waals surface area contributed by atoms with Crippen LogP contribution in [0.1, 0.15) is 36.2 Å². The molecule has 1 aliphatic rings. The van der Waals surface area contributed by atoms with Crippen LogP contribution < -0.4 is 4.90 Å². The molecule has 0 bridgehead atoms. The fourth-order valence-electron chi connectivity index (χ4n) is 3.46. The standard InChI is InChI=1S/C19H20N4OS/c1-19(2)10-12-16(14(24)11-19)18(23(3)15-6-4-5-8-20-15)25-17(12)13-7-9-21-22-13/h4-9H,10-11H2,1-3H3,(H,21,22). The second kappa shape index (κ2) is 5.81. The van der Waals surface area contributed by atoms with Gasteiger partial charge in [-0.25, -0.2) is 4.98 Å². The molecule has 6 heteroatoms. The lowest BCUT2D eigenvalue weighted by molar-refractivity contribution is 0.0914. The Labute approximate surface area is 150 Å². The van der Waals surface area contributed by atoms with E-state index in [1.165, 1.54) is 0 Å². The summed E-state index contributed by atoms with van der Waals surface area (Å²) in [5.41, 5.74) is 2.83. The minimum absolute atomic E-state index is 0.0307. The van der Waals surface area contributed by atoms with E-state index in [4.69, 9.17) is 0 Å². The normalized spacial score (nSPS) is 15.9. The maximum absolute atomic E-state index is 13.0. The number of aromatic nitrogens is 3. The summed E-state index contributed by atoms with van der Waals surface area (Å²) in [6.45, 7) is 4.31. The number of carbonyl (C=O) groups excluding carboxylic acids is 1. The number of anilines is 2. The molecule has 0 atom stereocenters. The molecule has 1 N–H and O–H groups in total. The van der Waals surface area contributed by atoms with Crippen molar-refractivity contribution in [3.63, 3.8) is 0 Å². The Morgan fingerprint density at radius 2 is 2.08 bits per heavy atom. The van der Waals surface area contributed by atoms with Crippen LogP contribution in [0, 0.1) is 5.41 Å². The van der Waals surface area contributed by atoms with Crippen molar-refractivity contribution in [1.29, 1.82) is 0 Å². The number of Topliss-reactive ketones (excluding diaryl/α,β-unsaturated/α-hetero) is 1. The Kier molecular flexibility index (Phi) is 3.72. The average Bonchev–Trinajstić information content (AvgIpc) is 3.21. The third-order valence-corrected chi connectivity index (χ3v) is 5.92. The highest BCUT2D eigenvalue weighted by atomic mass is 32.1. The number of hydrogen-bond donors (Lipinski definition) is 1. The molecule has 0 saturated carbocycles. The number of pyridine rings is 1. The quantitative estimate of drug-likeness (QED) is 0.756. The van der Waals surface area contributed by atoms with Gasteiger partial charge in [0.25, 0.3) is 0 Å². The van der Waals surface area contributed by atoms with Gasteiger partial charge in [0.2, 0.25) is 0 Å². The number of carbonyl (C=O) groups is 1. The van der Waals surface area contributed by atoms with Crippen LogP contribution in [-0.2, 0) is 6.42 Å². The van der Waals surface area contributed by atoms with Crippen LogP contribution in [0.5, 0.6) is 0 Å². The van der Waals surface area contributed by atoms with Gasteiger partial charge in [-0.1, -0.05) is 19.9 Å². The molecule has 0 amide bonds. The smallest absolute Gasteiger partial charge is 0.166 e. The highest BCUT2D eigenvalue weighted by molar-refractivity contribution is 7.20. The van der Waals surface area contributed by atoms with Crippen LogP contribution in [0.3, 0.4) is 0 Å². The summed E-state index contributed by atoms with van der Waals surface area (Å²) in [5.74, 6) is 1.04. The van der Waals surface area contributed by atoms with E-state index in [0.29, 0.717) is 6.42 Å². The summed E-state index contributed by atoms with van der Waals surface area (Å²) >= 11 is 1.62. The first kappa shape index (κ1) is 16.0. The number of ketones is 1. The summed E-state index contributed by atoms with van der Waals surface area (Å²) in [4.78, 5) is 20.5. The van der Waals surface area contributed by atoms with Crippen LogP contribution in [0.4, 0.5) is 10.8 Å². The summed E-state index contributed by atoms with van der Waals surface area (Å²) < 4.78 is 0. The molecule has 0 unspecified atom stereocenters. The average molecular weight is 352 g/mol. The van der Waals surface area contributed by atoms with E-state index >= 15 is 0 Å². The Bertz CT molecular complexity index is 913. The van der Waals surface area contributed by atoms with Crippen molar-refractivity contribution in [2.45, 2.75) is 26.7 Å². The van der Waals surface area contributed by atoms with Crippen LogP contribution in [0.2, 0.25) is 0 Å². The van der Waals surface area contributed by atoms with E-state index in [1.807, 2.05) is 42.4 Å². The van der Waals surface area contributed by atoms with Gasteiger partial charge in [0, 0.05) is 25.9 Å². The van der Waals surface area contributed by atoms with Crippen molar-refractivity contribution in [2.24, 2.45) is 5.41 Å². The minimum Gasteiger partial charge on any atom is -0.321 e. The molecule has 0 saturated heterocycles. The van der Waals surface area contributed by atoms with Crippen LogP contribution >= 0.6 is 11.3 Å². The zero-order valence-corrected chi connectivity index (χ0v) is 15.4. The first-order valence-electron chi connectivity index (χ1n) is 8.30. The lowest BCUT2D eigenvalue weighted by Gasteiger charge is -2.30. The van der Waals surface area contributed by atoms with Gasteiger partial charge in [-0.05, 0) is 35.6 Å². The molecule has 0 aliphatic heterocycles. The van der Waals surface area contributed by atoms with Gasteiger partial charge in [-0.2, -0.15) is 5.10 Å². The maximum atomic E-state index is 13.0. The largest absolute Gasteiger partial charge is 0.321 e. The molecular formula is C19H20N4OS. The fraction of sp³-hybridized carbons (Fsp3) is 0.316. The van der Waals surface area contributed by atoms with Crippen molar-refractivity contribution >= 4 is 27.9 Å². The first-order valence-corrected chi connectivity index (χ1v) is 9.12. The molecule has 128 valence electrons. The van der Waals surface area contributed by atoms with Crippen LogP contribution in [-0.4, -0.2) is 28.0 Å². The zero-order valence-electron chi connectivity index (χ0n) is 14.5. The monoisotopic (exact) mass is 352 g/mol. The third-order valence-electron chi connectivity index (χ3n) is 4.59. The van der Waals surface area contributed by atoms with Crippen LogP contribution in [0.25, 0.3) is 10.6 Å². The number of thiophene rings is 1. The summed E-state index contributed by atoms with van der Waals surface area (Å²) in [7, 11) is 1.97. The number of hydrogen-bond acceptors (Lipinski definition) is 5. The number of H-pyrrole nitrogens is 1. The second-order valence-electron chi connectivity index (χ2n) is 7.24. The first-order chi connectivity index (χ1) is 12.0. The number of fused-ring (bicyclic) bond motifs is 1. The summed E-state index contributed by atoms with van der Waals surface area (Å²) in [5, 5.41) is 8.19. The fourth-order valence-corrected chi connectivity index (χ4v) is 4.74. The van der Waals surface area contributed by atoms with Crippen molar-refractivity contribution in [3.8, 4) is 10.6 Å². The zero-order chi connectivity index (χ0) is 17.6. The van der Waals surface area contributed by atoms with Gasteiger partial charge in [0.15, 0.2) is 5.78 Å². The van der Waals surface area contributed by atoms with E-state index in [0.717, 1.165) is 38.9 Å². The lowest BCUT2D eigenvalue weighted by Crippen LogP contribution is -2.27. The lowest BCUT2D eigenvalue weighted by atomic mass is 9.74. The molecule has 3 aromatic heterocycles. The molecular weight excluding hydrogens is 332 g/mol. The molecule has 3 aromatic rings. The molecule has 0 fully saturated rings. The van der Waals surface area contributed by atoms with Crippen molar-refractivity contribution in [3.05, 3.63) is 47.8 Å². The predicted molar refractivity (Wildman–Crippen MR) is 101 cm³/mol. The molecule has 25 heavy (non-hydrogen) atoms. The van der Waals surface area contributed by atoms with E-state index in [2.05, 4.69) is 29.0 Å². The van der Waals surface area contributed by atoms with Crippen molar-refractivity contribution in [1.82, 2.24) is 15.2 Å². The predicted octanol–water partition coefficient (Wildman–Crippen LogP) is 4.46. The molecule has 5 nitrogen and oxygen atoms in total. The van der Waals surface area contributed by atoms with E-state index in [9.17, 15) is 4.79 Å². The van der Waals surface area contributed by atoms with Gasteiger partial charge in [-0.15, -0.1) is 11.3 Å². The Balaban J connectivity index is 1.90. The van der Waals surface area contributed by atoms with Gasteiger partial charge >= 0.3 is 0 Å². The number of rotatable bonds is 3. The molecule has 0 radical (unpaired) electrons. The van der Waals surface area contributed by atoms with E-state index < -0.39 is 0 Å². The van der Waals surface area contributed by atoms with Gasteiger partial charge in [0.1, 0.15) is 16.5 Å². The SMILES string of the molecule is CN(c1ccccn1)c1sc(-c2cc[nH]n2)c2c1C(=O)CC(C)(C)C2. The number of nitrogens with one attached hydrogen (secondary N) is 1. The van der Waals surface area contributed by atoms with E-state index in [1.54, 1.807) is 17.5 Å². The Morgan fingerprint density at radius 1 is 1.24 bits per heavy atom. The third kappa shape index (κ3) is 2.76. The number of nitrogens with zero attached hydrogens (tertiary/aromatic N) is 3.